The highest BCUT2D eigenvalue weighted by molar-refractivity contribution is 6.16. The molecule has 0 aliphatic rings. The van der Waals surface area contributed by atoms with Crippen LogP contribution in [0.4, 0.5) is 13.2 Å². The van der Waals surface area contributed by atoms with Crippen LogP contribution in [-0.4, -0.2) is 11.1 Å². The lowest BCUT2D eigenvalue weighted by atomic mass is 9.93. The van der Waals surface area contributed by atoms with Gasteiger partial charge in [0, 0.05) is 5.39 Å². The average Bonchev–Trinajstić information content (AvgIpc) is 2.44. The second-order valence-corrected chi connectivity index (χ2v) is 4.68. The van der Waals surface area contributed by atoms with E-state index in [9.17, 15) is 23.1 Å². The van der Waals surface area contributed by atoms with Crippen molar-refractivity contribution in [1.29, 1.82) is 0 Å². The van der Waals surface area contributed by atoms with Crippen LogP contribution in [-0.2, 0) is 6.18 Å². The molecule has 0 saturated carbocycles. The number of carbonyl (C=O) groups is 1. The van der Waals surface area contributed by atoms with Gasteiger partial charge in [-0.25, -0.2) is 4.79 Å². The molecule has 0 bridgehead atoms. The number of hydrogen-bond donors (Lipinski definition) is 1. The Hall–Kier alpha value is -2.56. The maximum absolute atomic E-state index is 13.2. The van der Waals surface area contributed by atoms with Gasteiger partial charge in [-0.2, -0.15) is 13.2 Å². The summed E-state index contributed by atoms with van der Waals surface area (Å²) in [6, 6.07) is 11.5. The molecule has 5 heteroatoms. The summed E-state index contributed by atoms with van der Waals surface area (Å²) < 4.78 is 39.7. The zero-order chi connectivity index (χ0) is 15.2. The Balaban J connectivity index is 2.61. The minimum Gasteiger partial charge on any atom is -0.478 e. The third-order valence-corrected chi connectivity index (χ3v) is 3.42. The first kappa shape index (κ1) is 13.4. The highest BCUT2D eigenvalue weighted by Gasteiger charge is 2.33. The quantitative estimate of drug-likeness (QED) is 0.659. The van der Waals surface area contributed by atoms with Gasteiger partial charge in [0.25, 0.3) is 0 Å². The summed E-state index contributed by atoms with van der Waals surface area (Å²) in [6.45, 7) is 0. The van der Waals surface area contributed by atoms with Gasteiger partial charge in [0.05, 0.1) is 11.1 Å². The second-order valence-electron chi connectivity index (χ2n) is 4.68. The molecular weight excluding hydrogens is 281 g/mol. The van der Waals surface area contributed by atoms with Crippen molar-refractivity contribution in [2.75, 3.05) is 0 Å². The van der Waals surface area contributed by atoms with Crippen LogP contribution >= 0.6 is 0 Å². The Morgan fingerprint density at radius 2 is 1.62 bits per heavy atom. The van der Waals surface area contributed by atoms with E-state index in [1.807, 2.05) is 0 Å². The number of rotatable bonds is 1. The third kappa shape index (κ3) is 2.11. The molecule has 0 fully saturated rings. The Kier molecular flexibility index (Phi) is 2.86. The Labute approximate surface area is 117 Å². The largest absolute Gasteiger partial charge is 0.478 e. The minimum absolute atomic E-state index is 0.0690. The van der Waals surface area contributed by atoms with E-state index in [-0.39, 0.29) is 16.3 Å². The summed E-state index contributed by atoms with van der Waals surface area (Å²) in [5.41, 5.74) is -0.950. The predicted octanol–water partition coefficient (Wildman–Crippen LogP) is 4.71. The molecule has 0 amide bonds. The van der Waals surface area contributed by atoms with E-state index in [0.29, 0.717) is 10.8 Å². The fourth-order valence-electron chi connectivity index (χ4n) is 2.56. The van der Waals surface area contributed by atoms with E-state index in [4.69, 9.17) is 0 Å². The SMILES string of the molecule is O=C(O)c1cc2ccccc2c2c(C(F)(F)F)cccc12. The molecule has 3 aromatic rings. The first-order valence-electron chi connectivity index (χ1n) is 6.14. The standard InChI is InChI=1S/C16H9F3O2/c17-16(18,19)13-7-3-6-11-12(15(20)21)8-9-4-1-2-5-10(9)14(11)13/h1-8H,(H,20,21). The normalized spacial score (nSPS) is 12.0. The van der Waals surface area contributed by atoms with Crippen LogP contribution in [0, 0.1) is 0 Å². The Morgan fingerprint density at radius 1 is 0.952 bits per heavy atom. The van der Waals surface area contributed by atoms with E-state index < -0.39 is 17.7 Å². The van der Waals surface area contributed by atoms with Crippen LogP contribution in [0.2, 0.25) is 0 Å². The van der Waals surface area contributed by atoms with Crippen molar-refractivity contribution in [3.8, 4) is 0 Å². The number of alkyl halides is 3. The second kappa shape index (κ2) is 4.48. The molecule has 1 N–H and O–H groups in total. The molecule has 3 aromatic carbocycles. The lowest BCUT2D eigenvalue weighted by molar-refractivity contribution is -0.136. The molecule has 0 saturated heterocycles. The van der Waals surface area contributed by atoms with Crippen LogP contribution in [0.15, 0.2) is 48.5 Å². The van der Waals surface area contributed by atoms with E-state index in [0.717, 1.165) is 6.07 Å². The summed E-state index contributed by atoms with van der Waals surface area (Å²) in [6.07, 6.45) is -4.54. The van der Waals surface area contributed by atoms with Crippen molar-refractivity contribution in [3.63, 3.8) is 0 Å². The van der Waals surface area contributed by atoms with Gasteiger partial charge < -0.3 is 5.11 Å². The van der Waals surface area contributed by atoms with Crippen molar-refractivity contribution in [1.82, 2.24) is 0 Å². The molecule has 0 unspecified atom stereocenters. The molecular formula is C16H9F3O2. The summed E-state index contributed by atoms with van der Waals surface area (Å²) in [5, 5.41) is 10.1. The highest BCUT2D eigenvalue weighted by Crippen LogP contribution is 2.39. The molecule has 0 aliphatic carbocycles. The van der Waals surface area contributed by atoms with E-state index >= 15 is 0 Å². The molecule has 0 atom stereocenters. The van der Waals surface area contributed by atoms with E-state index in [2.05, 4.69) is 0 Å². The first-order chi connectivity index (χ1) is 9.89. The highest BCUT2D eigenvalue weighted by atomic mass is 19.4. The number of hydrogen-bond acceptors (Lipinski definition) is 1. The smallest absolute Gasteiger partial charge is 0.417 e. The fraction of sp³-hybridized carbons (Fsp3) is 0.0625. The molecule has 21 heavy (non-hydrogen) atoms. The van der Waals surface area contributed by atoms with Crippen molar-refractivity contribution in [2.45, 2.75) is 6.18 Å². The van der Waals surface area contributed by atoms with Gasteiger partial charge in [-0.1, -0.05) is 36.4 Å². The van der Waals surface area contributed by atoms with Crippen molar-refractivity contribution < 1.29 is 23.1 Å². The van der Waals surface area contributed by atoms with Crippen molar-refractivity contribution in [3.05, 3.63) is 59.7 Å². The van der Waals surface area contributed by atoms with Crippen molar-refractivity contribution >= 4 is 27.5 Å². The number of carboxylic acid groups (broad SMARTS) is 1. The molecule has 2 nitrogen and oxygen atoms in total. The van der Waals surface area contributed by atoms with Gasteiger partial charge in [-0.15, -0.1) is 0 Å². The first-order valence-corrected chi connectivity index (χ1v) is 6.14. The Bertz CT molecular complexity index is 866. The fourth-order valence-corrected chi connectivity index (χ4v) is 2.56. The number of halogens is 3. The third-order valence-electron chi connectivity index (χ3n) is 3.42. The van der Waals surface area contributed by atoms with Crippen molar-refractivity contribution in [2.24, 2.45) is 0 Å². The number of benzene rings is 3. The molecule has 106 valence electrons. The molecule has 0 aliphatic heterocycles. The monoisotopic (exact) mass is 290 g/mol. The lowest BCUT2D eigenvalue weighted by Gasteiger charge is -2.14. The van der Waals surface area contributed by atoms with Gasteiger partial charge in [0.15, 0.2) is 0 Å². The lowest BCUT2D eigenvalue weighted by Crippen LogP contribution is -2.07. The number of fused-ring (bicyclic) bond motifs is 3. The number of carboxylic acids is 1. The van der Waals surface area contributed by atoms with Gasteiger partial charge in [0.2, 0.25) is 0 Å². The van der Waals surface area contributed by atoms with E-state index in [1.54, 1.807) is 24.3 Å². The topological polar surface area (TPSA) is 37.3 Å². The van der Waals surface area contributed by atoms with Gasteiger partial charge in [-0.3, -0.25) is 0 Å². The summed E-state index contributed by atoms with van der Waals surface area (Å²) in [7, 11) is 0. The molecule has 0 heterocycles. The minimum atomic E-state index is -4.54. The van der Waals surface area contributed by atoms with Gasteiger partial charge >= 0.3 is 12.1 Å². The van der Waals surface area contributed by atoms with E-state index in [1.165, 1.54) is 18.2 Å². The summed E-state index contributed by atoms with van der Waals surface area (Å²) in [5.74, 6) is -1.25. The predicted molar refractivity (Wildman–Crippen MR) is 73.4 cm³/mol. The molecule has 3 rings (SSSR count). The maximum Gasteiger partial charge on any atom is 0.417 e. The van der Waals surface area contributed by atoms with Crippen LogP contribution in [0.1, 0.15) is 15.9 Å². The molecule has 0 radical (unpaired) electrons. The zero-order valence-corrected chi connectivity index (χ0v) is 10.6. The molecule has 0 spiro atoms. The van der Waals surface area contributed by atoms with Gasteiger partial charge in [0.1, 0.15) is 0 Å². The molecule has 0 aromatic heterocycles. The summed E-state index contributed by atoms with van der Waals surface area (Å²) in [4.78, 5) is 11.3. The van der Waals surface area contributed by atoms with Crippen LogP contribution in [0.3, 0.4) is 0 Å². The van der Waals surface area contributed by atoms with Crippen LogP contribution in [0.25, 0.3) is 21.5 Å². The maximum atomic E-state index is 13.2. The average molecular weight is 290 g/mol. The Morgan fingerprint density at radius 3 is 2.29 bits per heavy atom. The number of aromatic carboxylic acids is 1. The summed E-state index contributed by atoms with van der Waals surface area (Å²) >= 11 is 0. The van der Waals surface area contributed by atoms with Crippen LogP contribution < -0.4 is 0 Å². The van der Waals surface area contributed by atoms with Gasteiger partial charge in [-0.05, 0) is 28.3 Å². The zero-order valence-electron chi connectivity index (χ0n) is 10.6. The van der Waals surface area contributed by atoms with Crippen LogP contribution in [0.5, 0.6) is 0 Å².